The van der Waals surface area contributed by atoms with Gasteiger partial charge in [-0.2, -0.15) is 0 Å². The lowest BCUT2D eigenvalue weighted by atomic mass is 10.1. The van der Waals surface area contributed by atoms with Crippen molar-refractivity contribution in [1.29, 1.82) is 0 Å². The van der Waals surface area contributed by atoms with Gasteiger partial charge in [0.05, 0.1) is 18.7 Å². The van der Waals surface area contributed by atoms with Crippen LogP contribution >= 0.6 is 11.3 Å². The van der Waals surface area contributed by atoms with Gasteiger partial charge in [-0.1, -0.05) is 6.92 Å². The van der Waals surface area contributed by atoms with Gasteiger partial charge in [-0.3, -0.25) is 0 Å². The number of hydrogen-bond donors (Lipinski definition) is 2. The highest BCUT2D eigenvalue weighted by molar-refractivity contribution is 7.12. The summed E-state index contributed by atoms with van der Waals surface area (Å²) in [5, 5.41) is 2.51. The van der Waals surface area contributed by atoms with E-state index in [1.165, 1.54) is 11.3 Å². The maximum Gasteiger partial charge on any atom is 0.339 e. The van der Waals surface area contributed by atoms with Crippen molar-refractivity contribution < 1.29 is 14.3 Å². The molecule has 0 aliphatic heterocycles. The molecule has 0 saturated carbocycles. The monoisotopic (exact) mass is 270 g/mol. The van der Waals surface area contributed by atoms with E-state index >= 15 is 0 Å². The topological polar surface area (TPSA) is 81.4 Å². The van der Waals surface area contributed by atoms with Crippen LogP contribution in [0.3, 0.4) is 0 Å². The van der Waals surface area contributed by atoms with Crippen molar-refractivity contribution in [2.75, 3.05) is 6.61 Å². The molecular formula is C12H18N2O3S. The molecule has 1 rings (SSSR count). The summed E-state index contributed by atoms with van der Waals surface area (Å²) < 4.78 is 5.06. The van der Waals surface area contributed by atoms with Crippen LogP contribution in [-0.4, -0.2) is 18.6 Å². The van der Waals surface area contributed by atoms with E-state index in [0.29, 0.717) is 12.2 Å². The molecule has 0 atom stereocenters. The van der Waals surface area contributed by atoms with Crippen LogP contribution in [0, 0.1) is 6.92 Å². The highest BCUT2D eigenvalue weighted by atomic mass is 32.1. The molecule has 5 nitrogen and oxygen atoms in total. The van der Waals surface area contributed by atoms with Gasteiger partial charge in [0.1, 0.15) is 0 Å². The lowest BCUT2D eigenvalue weighted by Crippen LogP contribution is -2.29. The first-order valence-electron chi connectivity index (χ1n) is 5.82. The van der Waals surface area contributed by atoms with Crippen LogP contribution < -0.4 is 11.1 Å². The van der Waals surface area contributed by atoms with Gasteiger partial charge >= 0.3 is 12.0 Å². The van der Waals surface area contributed by atoms with Gasteiger partial charge in [0, 0.05) is 9.75 Å². The first kappa shape index (κ1) is 14.5. The fourth-order valence-corrected chi connectivity index (χ4v) is 2.99. The summed E-state index contributed by atoms with van der Waals surface area (Å²) in [5.74, 6) is -0.333. The first-order valence-corrected chi connectivity index (χ1v) is 6.64. The lowest BCUT2D eigenvalue weighted by molar-refractivity contribution is 0.0524. The average molecular weight is 270 g/mol. The molecule has 3 N–H and O–H groups in total. The Morgan fingerprint density at radius 2 is 2.06 bits per heavy atom. The molecule has 2 amide bonds. The number of primary amides is 1. The van der Waals surface area contributed by atoms with E-state index in [0.717, 1.165) is 21.7 Å². The minimum atomic E-state index is -0.603. The van der Waals surface area contributed by atoms with Gasteiger partial charge in [0.2, 0.25) is 0 Å². The molecule has 1 aromatic heterocycles. The SMILES string of the molecule is CCOC(=O)c1c(CNC(N)=O)sc(C)c1CC. The molecule has 0 radical (unpaired) electrons. The summed E-state index contributed by atoms with van der Waals surface area (Å²) >= 11 is 1.49. The number of carbonyl (C=O) groups is 2. The number of amides is 2. The molecule has 0 bridgehead atoms. The summed E-state index contributed by atoms with van der Waals surface area (Å²) in [7, 11) is 0. The van der Waals surface area contributed by atoms with Crippen molar-refractivity contribution in [1.82, 2.24) is 5.32 Å². The lowest BCUT2D eigenvalue weighted by Gasteiger charge is -2.06. The van der Waals surface area contributed by atoms with Gasteiger partial charge in [0.15, 0.2) is 0 Å². The van der Waals surface area contributed by atoms with E-state index in [4.69, 9.17) is 10.5 Å². The predicted octanol–water partition coefficient (Wildman–Crippen LogP) is 1.96. The Kier molecular flexibility index (Phi) is 5.15. The summed E-state index contributed by atoms with van der Waals surface area (Å²) in [6.07, 6.45) is 0.757. The number of rotatable bonds is 5. The third-order valence-electron chi connectivity index (χ3n) is 2.54. The maximum absolute atomic E-state index is 11.9. The molecule has 100 valence electrons. The zero-order valence-electron chi connectivity index (χ0n) is 10.8. The number of carbonyl (C=O) groups excluding carboxylic acids is 2. The van der Waals surface area contributed by atoms with Crippen molar-refractivity contribution in [3.63, 3.8) is 0 Å². The van der Waals surface area contributed by atoms with E-state index in [2.05, 4.69) is 5.32 Å². The summed E-state index contributed by atoms with van der Waals surface area (Å²) in [5.41, 5.74) is 6.61. The molecule has 0 aromatic carbocycles. The maximum atomic E-state index is 11.9. The molecule has 0 saturated heterocycles. The third kappa shape index (κ3) is 3.22. The fraction of sp³-hybridized carbons (Fsp3) is 0.500. The van der Waals surface area contributed by atoms with Crippen LogP contribution in [-0.2, 0) is 17.7 Å². The van der Waals surface area contributed by atoms with Gasteiger partial charge < -0.3 is 15.8 Å². The van der Waals surface area contributed by atoms with E-state index < -0.39 is 6.03 Å². The number of esters is 1. The average Bonchev–Trinajstić information content (AvgIpc) is 2.63. The van der Waals surface area contributed by atoms with Crippen LogP contribution in [0.15, 0.2) is 0 Å². The number of thiophene rings is 1. The van der Waals surface area contributed by atoms with Gasteiger partial charge in [-0.05, 0) is 25.8 Å². The Bertz CT molecular complexity index is 454. The van der Waals surface area contributed by atoms with Crippen molar-refractivity contribution in [2.45, 2.75) is 33.7 Å². The Labute approximate surface area is 110 Å². The number of nitrogens with two attached hydrogens (primary N) is 1. The zero-order chi connectivity index (χ0) is 13.7. The van der Waals surface area contributed by atoms with Gasteiger partial charge in [0.25, 0.3) is 0 Å². The summed E-state index contributed by atoms with van der Waals surface area (Å²) in [4.78, 5) is 24.5. The van der Waals surface area contributed by atoms with Crippen molar-refractivity contribution in [3.05, 3.63) is 20.9 Å². The second-order valence-electron chi connectivity index (χ2n) is 3.73. The number of urea groups is 1. The second-order valence-corrected chi connectivity index (χ2v) is 5.04. The predicted molar refractivity (Wildman–Crippen MR) is 70.8 cm³/mol. The summed E-state index contributed by atoms with van der Waals surface area (Å²) in [6, 6.07) is -0.603. The van der Waals surface area contributed by atoms with Gasteiger partial charge in [-0.15, -0.1) is 11.3 Å². The molecule has 1 aromatic rings. The molecule has 0 spiro atoms. The number of hydrogen-bond acceptors (Lipinski definition) is 4. The Balaban J connectivity index is 3.08. The highest BCUT2D eigenvalue weighted by Crippen LogP contribution is 2.29. The van der Waals surface area contributed by atoms with E-state index in [-0.39, 0.29) is 12.5 Å². The van der Waals surface area contributed by atoms with Gasteiger partial charge in [-0.25, -0.2) is 9.59 Å². The zero-order valence-corrected chi connectivity index (χ0v) is 11.6. The van der Waals surface area contributed by atoms with Crippen LogP contribution in [0.25, 0.3) is 0 Å². The minimum Gasteiger partial charge on any atom is -0.462 e. The van der Waals surface area contributed by atoms with Crippen LogP contribution in [0.1, 0.15) is 39.5 Å². The smallest absolute Gasteiger partial charge is 0.339 e. The molecular weight excluding hydrogens is 252 g/mol. The van der Waals surface area contributed by atoms with Crippen molar-refractivity contribution in [2.24, 2.45) is 5.73 Å². The molecule has 6 heteroatoms. The highest BCUT2D eigenvalue weighted by Gasteiger charge is 2.21. The second kappa shape index (κ2) is 6.39. The molecule has 0 aliphatic carbocycles. The van der Waals surface area contributed by atoms with E-state index in [1.807, 2.05) is 13.8 Å². The third-order valence-corrected chi connectivity index (χ3v) is 3.69. The number of ether oxygens (including phenoxy) is 1. The fourth-order valence-electron chi connectivity index (χ4n) is 1.80. The number of nitrogens with one attached hydrogen (secondary N) is 1. The molecule has 0 fully saturated rings. The molecule has 18 heavy (non-hydrogen) atoms. The van der Waals surface area contributed by atoms with E-state index in [1.54, 1.807) is 6.92 Å². The van der Waals surface area contributed by atoms with Crippen LogP contribution in [0.4, 0.5) is 4.79 Å². The molecule has 0 aliphatic rings. The standard InChI is InChI=1S/C12H18N2O3S/c1-4-8-7(3)18-9(6-14-12(13)16)10(8)11(15)17-5-2/h4-6H2,1-3H3,(H3,13,14,16). The molecule has 0 unspecified atom stereocenters. The Morgan fingerprint density at radius 1 is 1.39 bits per heavy atom. The normalized spacial score (nSPS) is 10.2. The van der Waals surface area contributed by atoms with Crippen molar-refractivity contribution >= 4 is 23.3 Å². The largest absolute Gasteiger partial charge is 0.462 e. The minimum absolute atomic E-state index is 0.259. The van der Waals surface area contributed by atoms with Crippen LogP contribution in [0.5, 0.6) is 0 Å². The number of aryl methyl sites for hydroxylation is 1. The molecule has 1 heterocycles. The quantitative estimate of drug-likeness (QED) is 0.802. The Morgan fingerprint density at radius 3 is 2.56 bits per heavy atom. The van der Waals surface area contributed by atoms with E-state index in [9.17, 15) is 9.59 Å². The van der Waals surface area contributed by atoms with Crippen LogP contribution in [0.2, 0.25) is 0 Å². The Hall–Kier alpha value is -1.56. The first-order chi connectivity index (χ1) is 8.51. The summed E-state index contributed by atoms with van der Waals surface area (Å²) in [6.45, 7) is 6.31. The van der Waals surface area contributed by atoms with Crippen molar-refractivity contribution in [3.8, 4) is 0 Å².